The molecule has 0 bridgehead atoms. The molecule has 1 saturated heterocycles. The highest BCUT2D eigenvalue weighted by Crippen LogP contribution is 2.26. The molecule has 1 aliphatic rings. The molecule has 0 aromatic heterocycles. The van der Waals surface area contributed by atoms with Gasteiger partial charge in [0.05, 0.1) is 4.90 Å². The second-order valence-electron chi connectivity index (χ2n) is 5.52. The molecule has 0 spiro atoms. The van der Waals surface area contributed by atoms with Crippen LogP contribution in [0.1, 0.15) is 24.5 Å². The molecule has 21 heavy (non-hydrogen) atoms. The molecule has 0 saturated carbocycles. The fourth-order valence-corrected chi connectivity index (χ4v) is 3.19. The Morgan fingerprint density at radius 3 is 2.33 bits per heavy atom. The molecule has 116 valence electrons. The van der Waals surface area contributed by atoms with Crippen LogP contribution in [0.2, 0.25) is 0 Å². The van der Waals surface area contributed by atoms with Crippen molar-refractivity contribution in [1.29, 1.82) is 0 Å². The summed E-state index contributed by atoms with van der Waals surface area (Å²) in [7, 11) is -3.75. The summed E-state index contributed by atoms with van der Waals surface area (Å²) >= 11 is 0. The predicted octanol–water partition coefficient (Wildman–Crippen LogP) is 1.31. The molecule has 2 atom stereocenters. The number of nitrogens with two attached hydrogens (primary N) is 1. The first-order chi connectivity index (χ1) is 9.70. The van der Waals surface area contributed by atoms with Gasteiger partial charge in [-0.25, -0.2) is 13.6 Å². The number of carbonyl (C=O) groups excluding carboxylic acids is 1. The maximum Gasteiger partial charge on any atom is 0.253 e. The molecule has 0 radical (unpaired) electrons. The lowest BCUT2D eigenvalue weighted by Crippen LogP contribution is -2.31. The number of hydrogen-bond acceptors (Lipinski definition) is 4. The summed E-state index contributed by atoms with van der Waals surface area (Å²) in [6.07, 6.45) is 0.405. The van der Waals surface area contributed by atoms with Crippen molar-refractivity contribution >= 4 is 21.6 Å². The summed E-state index contributed by atoms with van der Waals surface area (Å²) in [6.45, 7) is 6.02. The smallest absolute Gasteiger partial charge is 0.253 e. The number of sulfonamides is 1. The second-order valence-corrected chi connectivity index (χ2v) is 7.09. The van der Waals surface area contributed by atoms with Gasteiger partial charge in [-0.2, -0.15) is 0 Å². The van der Waals surface area contributed by atoms with Crippen LogP contribution in [0.4, 0.5) is 5.69 Å². The lowest BCUT2D eigenvalue weighted by Gasteiger charge is -2.18. The minimum atomic E-state index is -3.75. The highest BCUT2D eigenvalue weighted by Gasteiger charge is 2.31. The Bertz CT molecular complexity index is 647. The van der Waals surface area contributed by atoms with Crippen LogP contribution in [0.25, 0.3) is 0 Å². The zero-order valence-corrected chi connectivity index (χ0v) is 13.2. The number of amides is 1. The van der Waals surface area contributed by atoms with E-state index in [0.717, 1.165) is 6.42 Å². The third-order valence-corrected chi connectivity index (χ3v) is 4.62. The average Bonchev–Trinajstić information content (AvgIpc) is 2.78. The summed E-state index contributed by atoms with van der Waals surface area (Å²) in [5, 5.41) is 7.96. The second kappa shape index (κ2) is 5.75. The molecule has 1 aromatic carbocycles. The quantitative estimate of drug-likeness (QED) is 0.879. The van der Waals surface area contributed by atoms with Crippen LogP contribution in [0.15, 0.2) is 17.0 Å². The van der Waals surface area contributed by atoms with Gasteiger partial charge in [-0.05, 0) is 49.4 Å². The van der Waals surface area contributed by atoms with Crippen molar-refractivity contribution < 1.29 is 17.9 Å². The van der Waals surface area contributed by atoms with Gasteiger partial charge < -0.3 is 10.1 Å². The SMILES string of the molecule is Cc1cc(S(N)(=O)=O)cc(C)c1NC(=O)C1OCCC1C. The van der Waals surface area contributed by atoms with E-state index in [-0.39, 0.29) is 16.7 Å². The van der Waals surface area contributed by atoms with E-state index in [1.54, 1.807) is 13.8 Å². The normalized spacial score (nSPS) is 22.3. The van der Waals surface area contributed by atoms with Gasteiger partial charge in [0.15, 0.2) is 0 Å². The first kappa shape index (κ1) is 15.9. The largest absolute Gasteiger partial charge is 0.368 e. The van der Waals surface area contributed by atoms with Crippen molar-refractivity contribution in [3.63, 3.8) is 0 Å². The van der Waals surface area contributed by atoms with Crippen LogP contribution in [0, 0.1) is 19.8 Å². The molecule has 6 nitrogen and oxygen atoms in total. The van der Waals surface area contributed by atoms with Crippen LogP contribution in [-0.4, -0.2) is 27.0 Å². The van der Waals surface area contributed by atoms with Crippen LogP contribution >= 0.6 is 0 Å². The monoisotopic (exact) mass is 312 g/mol. The van der Waals surface area contributed by atoms with Gasteiger partial charge in [0.1, 0.15) is 6.10 Å². The first-order valence-corrected chi connectivity index (χ1v) is 8.31. The highest BCUT2D eigenvalue weighted by molar-refractivity contribution is 7.89. The molecule has 1 heterocycles. The summed E-state index contributed by atoms with van der Waals surface area (Å²) in [5.74, 6) is -0.0242. The Hall–Kier alpha value is -1.44. The maximum atomic E-state index is 12.2. The zero-order chi connectivity index (χ0) is 15.8. The van der Waals surface area contributed by atoms with Crippen LogP contribution in [0.5, 0.6) is 0 Å². The fourth-order valence-electron chi connectivity index (χ4n) is 2.51. The number of primary sulfonamides is 1. The van der Waals surface area contributed by atoms with Crippen molar-refractivity contribution in [1.82, 2.24) is 0 Å². The molecule has 1 aliphatic heterocycles. The summed E-state index contributed by atoms with van der Waals surface area (Å²) in [6, 6.07) is 2.91. The van der Waals surface area contributed by atoms with E-state index in [4.69, 9.17) is 9.88 Å². The number of anilines is 1. The van der Waals surface area contributed by atoms with Gasteiger partial charge in [-0.1, -0.05) is 6.92 Å². The van der Waals surface area contributed by atoms with Crippen molar-refractivity contribution in [3.05, 3.63) is 23.3 Å². The van der Waals surface area contributed by atoms with Gasteiger partial charge in [0.2, 0.25) is 10.0 Å². The molecule has 3 N–H and O–H groups in total. The highest BCUT2D eigenvalue weighted by atomic mass is 32.2. The summed E-state index contributed by atoms with van der Waals surface area (Å²) in [4.78, 5) is 12.3. The molecule has 0 aliphatic carbocycles. The Morgan fingerprint density at radius 2 is 1.90 bits per heavy atom. The number of aryl methyl sites for hydroxylation is 2. The molecule has 2 unspecified atom stereocenters. The summed E-state index contributed by atoms with van der Waals surface area (Å²) < 4.78 is 28.2. The lowest BCUT2D eigenvalue weighted by molar-refractivity contribution is -0.126. The van der Waals surface area contributed by atoms with Gasteiger partial charge in [-0.15, -0.1) is 0 Å². The molecule has 1 fully saturated rings. The van der Waals surface area contributed by atoms with Gasteiger partial charge in [0.25, 0.3) is 5.91 Å². The molecule has 7 heteroatoms. The van der Waals surface area contributed by atoms with Crippen LogP contribution in [-0.2, 0) is 19.6 Å². The topological polar surface area (TPSA) is 98.5 Å². The maximum absolute atomic E-state index is 12.2. The molecule has 1 amide bonds. The Morgan fingerprint density at radius 1 is 1.33 bits per heavy atom. The van der Waals surface area contributed by atoms with E-state index in [9.17, 15) is 13.2 Å². The van der Waals surface area contributed by atoms with Crippen molar-refractivity contribution in [2.24, 2.45) is 11.1 Å². The van der Waals surface area contributed by atoms with Crippen molar-refractivity contribution in [2.75, 3.05) is 11.9 Å². The van der Waals surface area contributed by atoms with E-state index in [0.29, 0.717) is 23.4 Å². The molecular formula is C14H20N2O4S. The number of carbonyl (C=O) groups is 1. The van der Waals surface area contributed by atoms with E-state index in [2.05, 4.69) is 5.32 Å². The van der Waals surface area contributed by atoms with Crippen molar-refractivity contribution in [3.8, 4) is 0 Å². The van der Waals surface area contributed by atoms with Crippen molar-refractivity contribution in [2.45, 2.75) is 38.2 Å². The Labute approximate surface area is 124 Å². The van der Waals surface area contributed by atoms with E-state index in [1.165, 1.54) is 12.1 Å². The predicted molar refractivity (Wildman–Crippen MR) is 79.4 cm³/mol. The summed E-state index contributed by atoms with van der Waals surface area (Å²) in [5.41, 5.74) is 1.91. The van der Waals surface area contributed by atoms with E-state index in [1.807, 2.05) is 6.92 Å². The number of hydrogen-bond donors (Lipinski definition) is 2. The minimum absolute atomic E-state index is 0.0426. The average molecular weight is 312 g/mol. The number of rotatable bonds is 3. The third kappa shape index (κ3) is 3.42. The van der Waals surface area contributed by atoms with E-state index < -0.39 is 16.1 Å². The standard InChI is InChI=1S/C14H20N2O4S/c1-8-4-5-20-13(8)14(17)16-12-9(2)6-11(7-10(12)3)21(15,18)19/h6-8,13H,4-5H2,1-3H3,(H,16,17)(H2,15,18,19). The van der Waals surface area contributed by atoms with Gasteiger partial charge in [0, 0.05) is 12.3 Å². The minimum Gasteiger partial charge on any atom is -0.368 e. The number of nitrogens with one attached hydrogen (secondary N) is 1. The fraction of sp³-hybridized carbons (Fsp3) is 0.500. The first-order valence-electron chi connectivity index (χ1n) is 6.76. The molecule has 2 rings (SSSR count). The van der Waals surface area contributed by atoms with Crippen LogP contribution < -0.4 is 10.5 Å². The lowest BCUT2D eigenvalue weighted by atomic mass is 10.0. The third-order valence-electron chi connectivity index (χ3n) is 3.73. The number of benzene rings is 1. The van der Waals surface area contributed by atoms with E-state index >= 15 is 0 Å². The van der Waals surface area contributed by atoms with Gasteiger partial charge >= 0.3 is 0 Å². The van der Waals surface area contributed by atoms with Gasteiger partial charge in [-0.3, -0.25) is 4.79 Å². The molecular weight excluding hydrogens is 292 g/mol. The Kier molecular flexibility index (Phi) is 4.36. The molecule has 1 aromatic rings. The Balaban J connectivity index is 2.27. The zero-order valence-electron chi connectivity index (χ0n) is 12.3. The number of ether oxygens (including phenoxy) is 1. The van der Waals surface area contributed by atoms with Crippen LogP contribution in [0.3, 0.4) is 0 Å².